The monoisotopic (exact) mass is 218 g/mol. The topological polar surface area (TPSA) is 9.23 Å². The van der Waals surface area contributed by atoms with Gasteiger partial charge in [0.2, 0.25) is 0 Å². The Morgan fingerprint density at radius 3 is 2.60 bits per heavy atom. The zero-order chi connectivity index (χ0) is 10.5. The molecule has 0 unspecified atom stereocenters. The molecule has 0 amide bonds. The molecular formula is C13H14OS. The lowest BCUT2D eigenvalue weighted by molar-refractivity contribution is 0.556. The van der Waals surface area contributed by atoms with Crippen molar-refractivity contribution in [2.75, 3.05) is 0 Å². The number of rotatable bonds is 2. The van der Waals surface area contributed by atoms with Crippen molar-refractivity contribution in [3.05, 3.63) is 42.0 Å². The maximum absolute atomic E-state index is 5.62. The Morgan fingerprint density at radius 2 is 1.93 bits per heavy atom. The predicted molar refractivity (Wildman–Crippen MR) is 66.2 cm³/mol. The van der Waals surface area contributed by atoms with E-state index in [2.05, 4.69) is 6.08 Å². The molecule has 1 nitrogen and oxygen atoms in total. The summed E-state index contributed by atoms with van der Waals surface area (Å²) in [4.78, 5) is 0. The minimum atomic E-state index is 0.640. The molecule has 15 heavy (non-hydrogen) atoms. The molecule has 0 heterocycles. The summed E-state index contributed by atoms with van der Waals surface area (Å²) in [6, 6.07) is 9.72. The molecule has 1 aliphatic rings. The predicted octanol–water partition coefficient (Wildman–Crippen LogP) is 3.89. The summed E-state index contributed by atoms with van der Waals surface area (Å²) in [7, 11) is 0. The van der Waals surface area contributed by atoms with Crippen LogP contribution in [0.3, 0.4) is 0 Å². The average Bonchev–Trinajstić information content (AvgIpc) is 2.31. The molecule has 0 spiro atoms. The number of allylic oxidation sites excluding steroid dienone is 1. The van der Waals surface area contributed by atoms with Gasteiger partial charge in [0.15, 0.2) is 5.05 Å². The Morgan fingerprint density at radius 1 is 1.13 bits per heavy atom. The Labute approximate surface area is 95.8 Å². The zero-order valence-electron chi connectivity index (χ0n) is 8.61. The summed E-state index contributed by atoms with van der Waals surface area (Å²) in [6.45, 7) is 0. The molecule has 0 saturated heterocycles. The van der Waals surface area contributed by atoms with E-state index in [9.17, 15) is 0 Å². The summed E-state index contributed by atoms with van der Waals surface area (Å²) in [5, 5.41) is 0.640. The molecule has 0 radical (unpaired) electrons. The smallest absolute Gasteiger partial charge is 0.193 e. The van der Waals surface area contributed by atoms with Gasteiger partial charge in [-0.3, -0.25) is 0 Å². The fourth-order valence-corrected chi connectivity index (χ4v) is 1.97. The van der Waals surface area contributed by atoms with Crippen LogP contribution in [0.5, 0.6) is 5.75 Å². The molecule has 0 saturated carbocycles. The van der Waals surface area contributed by atoms with E-state index in [4.69, 9.17) is 17.0 Å². The van der Waals surface area contributed by atoms with Crippen LogP contribution in [-0.2, 0) is 0 Å². The summed E-state index contributed by atoms with van der Waals surface area (Å²) in [5.74, 6) is 0.828. The third kappa shape index (κ3) is 2.90. The highest BCUT2D eigenvalue weighted by Gasteiger charge is 2.10. The van der Waals surface area contributed by atoms with Crippen LogP contribution < -0.4 is 4.74 Å². The van der Waals surface area contributed by atoms with Crippen LogP contribution in [0.25, 0.3) is 0 Å². The third-order valence-corrected chi connectivity index (χ3v) is 2.85. The first kappa shape index (κ1) is 10.4. The molecular weight excluding hydrogens is 204 g/mol. The molecule has 1 aliphatic carbocycles. The highest BCUT2D eigenvalue weighted by atomic mass is 32.1. The van der Waals surface area contributed by atoms with E-state index in [1.54, 1.807) is 0 Å². The second-order valence-electron chi connectivity index (χ2n) is 3.68. The molecule has 0 aromatic heterocycles. The fraction of sp³-hybridized carbons (Fsp3) is 0.308. The molecule has 78 valence electrons. The number of thiocarbonyl (C=S) groups is 1. The SMILES string of the molecule is S=C(Oc1ccccc1)C1=CCCCC1. The van der Waals surface area contributed by atoms with Crippen LogP contribution in [0.4, 0.5) is 0 Å². The molecule has 0 N–H and O–H groups in total. The van der Waals surface area contributed by atoms with E-state index in [1.165, 1.54) is 18.4 Å². The molecule has 2 heteroatoms. The maximum atomic E-state index is 5.62. The van der Waals surface area contributed by atoms with Gasteiger partial charge in [0.05, 0.1) is 0 Å². The number of benzene rings is 1. The van der Waals surface area contributed by atoms with Crippen molar-refractivity contribution in [1.82, 2.24) is 0 Å². The molecule has 2 rings (SSSR count). The molecule has 0 fully saturated rings. The third-order valence-electron chi connectivity index (χ3n) is 2.51. The minimum Gasteiger partial charge on any atom is -0.446 e. The summed E-state index contributed by atoms with van der Waals surface area (Å²) in [5.41, 5.74) is 1.19. The number of para-hydroxylation sites is 1. The lowest BCUT2D eigenvalue weighted by Crippen LogP contribution is -2.10. The van der Waals surface area contributed by atoms with Gasteiger partial charge in [-0.2, -0.15) is 0 Å². The number of ether oxygens (including phenoxy) is 1. The van der Waals surface area contributed by atoms with Crippen molar-refractivity contribution in [3.63, 3.8) is 0 Å². The first-order valence-corrected chi connectivity index (χ1v) is 5.73. The normalized spacial score (nSPS) is 15.6. The lowest BCUT2D eigenvalue weighted by Gasteiger charge is -2.14. The van der Waals surface area contributed by atoms with Gasteiger partial charge >= 0.3 is 0 Å². The largest absolute Gasteiger partial charge is 0.446 e. The maximum Gasteiger partial charge on any atom is 0.193 e. The summed E-state index contributed by atoms with van der Waals surface area (Å²) < 4.78 is 5.62. The quantitative estimate of drug-likeness (QED) is 0.696. The van der Waals surface area contributed by atoms with Gasteiger partial charge in [-0.05, 0) is 50.0 Å². The Balaban J connectivity index is 2.00. The molecule has 1 aromatic carbocycles. The van der Waals surface area contributed by atoms with Crippen LogP contribution in [0.15, 0.2) is 42.0 Å². The second-order valence-corrected chi connectivity index (χ2v) is 4.05. The van der Waals surface area contributed by atoms with E-state index < -0.39 is 0 Å². The van der Waals surface area contributed by atoms with Gasteiger partial charge in [0.1, 0.15) is 5.75 Å². The van der Waals surface area contributed by atoms with Gasteiger partial charge in [-0.1, -0.05) is 24.3 Å². The van der Waals surface area contributed by atoms with Crippen LogP contribution in [-0.4, -0.2) is 5.05 Å². The highest BCUT2D eigenvalue weighted by molar-refractivity contribution is 7.80. The van der Waals surface area contributed by atoms with E-state index in [-0.39, 0.29) is 0 Å². The van der Waals surface area contributed by atoms with Crippen molar-refractivity contribution in [3.8, 4) is 5.75 Å². The first-order valence-electron chi connectivity index (χ1n) is 5.32. The van der Waals surface area contributed by atoms with Crippen LogP contribution in [0.1, 0.15) is 25.7 Å². The molecule has 0 aliphatic heterocycles. The van der Waals surface area contributed by atoms with Crippen molar-refractivity contribution in [1.29, 1.82) is 0 Å². The van der Waals surface area contributed by atoms with Crippen molar-refractivity contribution < 1.29 is 4.74 Å². The van der Waals surface area contributed by atoms with Crippen LogP contribution >= 0.6 is 12.2 Å². The molecule has 1 aromatic rings. The van der Waals surface area contributed by atoms with Crippen LogP contribution in [0.2, 0.25) is 0 Å². The van der Waals surface area contributed by atoms with Gasteiger partial charge in [0, 0.05) is 5.57 Å². The van der Waals surface area contributed by atoms with Gasteiger partial charge in [-0.15, -0.1) is 0 Å². The standard InChI is InChI=1S/C13H14OS/c15-13(11-7-3-1-4-8-11)14-12-9-5-2-6-10-12/h2,5-7,9-10H,1,3-4,8H2. The van der Waals surface area contributed by atoms with Crippen molar-refractivity contribution in [2.24, 2.45) is 0 Å². The second kappa shape index (κ2) is 5.08. The fourth-order valence-electron chi connectivity index (χ4n) is 1.68. The van der Waals surface area contributed by atoms with Crippen LogP contribution in [0, 0.1) is 0 Å². The summed E-state index contributed by atoms with van der Waals surface area (Å²) >= 11 is 5.27. The molecule has 0 atom stereocenters. The lowest BCUT2D eigenvalue weighted by atomic mass is 10.0. The summed E-state index contributed by atoms with van der Waals surface area (Å²) in [6.07, 6.45) is 6.90. The van der Waals surface area contributed by atoms with E-state index >= 15 is 0 Å². The van der Waals surface area contributed by atoms with Gasteiger partial charge in [0.25, 0.3) is 0 Å². The molecule has 0 bridgehead atoms. The Hall–Kier alpha value is -1.15. The Bertz CT molecular complexity index is 367. The van der Waals surface area contributed by atoms with Crippen molar-refractivity contribution in [2.45, 2.75) is 25.7 Å². The van der Waals surface area contributed by atoms with E-state index in [0.717, 1.165) is 18.6 Å². The number of hydrogen-bond donors (Lipinski definition) is 0. The van der Waals surface area contributed by atoms with Crippen molar-refractivity contribution >= 4 is 17.3 Å². The minimum absolute atomic E-state index is 0.640. The number of hydrogen-bond acceptors (Lipinski definition) is 2. The average molecular weight is 218 g/mol. The van der Waals surface area contributed by atoms with Gasteiger partial charge < -0.3 is 4.74 Å². The Kier molecular flexibility index (Phi) is 3.51. The van der Waals surface area contributed by atoms with Gasteiger partial charge in [-0.25, -0.2) is 0 Å². The first-order chi connectivity index (χ1) is 7.36. The van der Waals surface area contributed by atoms with E-state index in [1.807, 2.05) is 30.3 Å². The highest BCUT2D eigenvalue weighted by Crippen LogP contribution is 2.20. The zero-order valence-corrected chi connectivity index (χ0v) is 9.43. The van der Waals surface area contributed by atoms with E-state index in [0.29, 0.717) is 5.05 Å².